The van der Waals surface area contributed by atoms with Crippen LogP contribution in [0.1, 0.15) is 43.7 Å². The van der Waals surface area contributed by atoms with Crippen LogP contribution < -0.4 is 27.4 Å². The van der Waals surface area contributed by atoms with Gasteiger partial charge in [0.05, 0.1) is 12.1 Å². The Morgan fingerprint density at radius 3 is 2.32 bits per heavy atom. The number of likely N-dealkylation sites (tertiary alicyclic amines) is 1. The van der Waals surface area contributed by atoms with Gasteiger partial charge in [0.1, 0.15) is 29.9 Å². The lowest BCUT2D eigenvalue weighted by Gasteiger charge is -2.29. The number of amides is 5. The number of carbonyl (C=O) groups is 6. The number of hydrogen-bond donors (Lipinski definition) is 9. The number of aliphatic hydroxyl groups excluding tert-OH is 1. The number of phenolic OH excluding ortho intramolecular Hbond substituents is 1. The molecular formula is C34H43N7O9. The van der Waals surface area contributed by atoms with Crippen molar-refractivity contribution in [3.05, 3.63) is 65.9 Å². The highest BCUT2D eigenvalue weighted by Gasteiger charge is 2.39. The van der Waals surface area contributed by atoms with E-state index < -0.39 is 78.2 Å². The number of aliphatic carboxylic acids is 1. The van der Waals surface area contributed by atoms with Gasteiger partial charge in [-0.2, -0.15) is 0 Å². The number of fused-ring (bicyclic) bond motifs is 1. The normalized spacial score (nSPS) is 17.3. The predicted molar refractivity (Wildman–Crippen MR) is 180 cm³/mol. The summed E-state index contributed by atoms with van der Waals surface area (Å²) in [6, 6.07) is 7.38. The number of nitrogens with zero attached hydrogens (tertiary/aromatic N) is 1. The van der Waals surface area contributed by atoms with Gasteiger partial charge < -0.3 is 52.6 Å². The summed E-state index contributed by atoms with van der Waals surface area (Å²) < 4.78 is 0. The molecule has 2 heterocycles. The van der Waals surface area contributed by atoms with Gasteiger partial charge in [-0.1, -0.05) is 30.3 Å². The van der Waals surface area contributed by atoms with Gasteiger partial charge in [-0.15, -0.1) is 0 Å². The number of nitrogens with one attached hydrogen (secondary N) is 4. The molecule has 0 unspecified atom stereocenters. The zero-order chi connectivity index (χ0) is 36.5. The number of H-pyrrole nitrogens is 1. The van der Waals surface area contributed by atoms with Crippen LogP contribution in [0, 0.1) is 0 Å². The Kier molecular flexibility index (Phi) is 12.5. The molecule has 16 heteroatoms. The van der Waals surface area contributed by atoms with E-state index in [2.05, 4.69) is 20.9 Å². The third-order valence-corrected chi connectivity index (χ3v) is 8.65. The zero-order valence-corrected chi connectivity index (χ0v) is 27.5. The predicted octanol–water partition coefficient (Wildman–Crippen LogP) is -0.838. The number of para-hydroxylation sites is 1. The van der Waals surface area contributed by atoms with Crippen LogP contribution in [0.4, 0.5) is 0 Å². The number of carbonyl (C=O) groups excluding carboxylic acids is 5. The monoisotopic (exact) mass is 693 g/mol. The minimum absolute atomic E-state index is 0.0424. The van der Waals surface area contributed by atoms with E-state index in [4.69, 9.17) is 16.6 Å². The number of hydrogen-bond acceptors (Lipinski definition) is 9. The van der Waals surface area contributed by atoms with Crippen molar-refractivity contribution >= 4 is 46.4 Å². The Labute approximate surface area is 287 Å². The largest absolute Gasteiger partial charge is 0.508 e. The number of carboxylic acid groups (broad SMARTS) is 1. The average Bonchev–Trinajstić information content (AvgIpc) is 3.73. The number of rotatable bonds is 16. The van der Waals surface area contributed by atoms with Crippen LogP contribution in [0.2, 0.25) is 0 Å². The fourth-order valence-corrected chi connectivity index (χ4v) is 5.96. The highest BCUT2D eigenvalue weighted by molar-refractivity contribution is 5.97. The first-order valence-corrected chi connectivity index (χ1v) is 16.2. The molecule has 0 bridgehead atoms. The maximum Gasteiger partial charge on any atom is 0.303 e. The first-order valence-electron chi connectivity index (χ1n) is 16.2. The first-order chi connectivity index (χ1) is 23.7. The summed E-state index contributed by atoms with van der Waals surface area (Å²) in [5.41, 5.74) is 13.8. The molecule has 4 rings (SSSR count). The van der Waals surface area contributed by atoms with E-state index in [1.165, 1.54) is 24.0 Å². The topological polar surface area (TPSA) is 270 Å². The maximum atomic E-state index is 13.8. The fourth-order valence-electron chi connectivity index (χ4n) is 5.96. The second kappa shape index (κ2) is 16.8. The van der Waals surface area contributed by atoms with Crippen molar-refractivity contribution in [1.29, 1.82) is 0 Å². The van der Waals surface area contributed by atoms with Gasteiger partial charge in [-0.3, -0.25) is 28.8 Å². The number of primary amides is 1. The van der Waals surface area contributed by atoms with Crippen LogP contribution in [0.15, 0.2) is 54.7 Å². The molecule has 0 radical (unpaired) electrons. The number of aromatic hydroxyl groups is 1. The number of nitrogens with two attached hydrogens (primary N) is 2. The minimum atomic E-state index is -1.61. The number of phenols is 1. The van der Waals surface area contributed by atoms with Crippen molar-refractivity contribution in [1.82, 2.24) is 25.8 Å². The Morgan fingerprint density at radius 2 is 1.66 bits per heavy atom. The van der Waals surface area contributed by atoms with Crippen LogP contribution in [-0.2, 0) is 41.6 Å². The summed E-state index contributed by atoms with van der Waals surface area (Å²) in [4.78, 5) is 81.6. The molecule has 0 spiro atoms. The summed E-state index contributed by atoms with van der Waals surface area (Å²) >= 11 is 0. The molecule has 1 aliphatic heterocycles. The van der Waals surface area contributed by atoms with E-state index in [0.29, 0.717) is 18.4 Å². The molecule has 16 nitrogen and oxygen atoms in total. The van der Waals surface area contributed by atoms with E-state index in [-0.39, 0.29) is 31.6 Å². The van der Waals surface area contributed by atoms with Crippen molar-refractivity contribution in [3.8, 4) is 5.75 Å². The van der Waals surface area contributed by atoms with E-state index in [9.17, 15) is 39.0 Å². The van der Waals surface area contributed by atoms with Crippen molar-refractivity contribution in [2.45, 2.75) is 81.8 Å². The van der Waals surface area contributed by atoms with Gasteiger partial charge in [0.25, 0.3) is 0 Å². The van der Waals surface area contributed by atoms with E-state index in [1.807, 2.05) is 24.3 Å². The van der Waals surface area contributed by atoms with E-state index >= 15 is 0 Å². The van der Waals surface area contributed by atoms with Gasteiger partial charge in [0.2, 0.25) is 29.5 Å². The number of carboxylic acids is 1. The molecule has 50 heavy (non-hydrogen) atoms. The van der Waals surface area contributed by atoms with Crippen LogP contribution in [0.3, 0.4) is 0 Å². The summed E-state index contributed by atoms with van der Waals surface area (Å²) in [6.07, 6.45) is 0.381. The molecule has 3 aromatic rings. The molecule has 0 saturated carbocycles. The quantitative estimate of drug-likeness (QED) is 0.0898. The van der Waals surface area contributed by atoms with Gasteiger partial charge in [-0.25, -0.2) is 0 Å². The molecule has 0 aliphatic carbocycles. The second-order valence-corrected chi connectivity index (χ2v) is 12.4. The number of benzene rings is 2. The van der Waals surface area contributed by atoms with Crippen molar-refractivity contribution in [2.75, 3.05) is 6.54 Å². The Hall–Kier alpha value is -5.48. The Morgan fingerprint density at radius 1 is 0.960 bits per heavy atom. The van der Waals surface area contributed by atoms with Crippen LogP contribution in [-0.4, -0.2) is 104 Å². The third-order valence-electron chi connectivity index (χ3n) is 8.65. The lowest BCUT2D eigenvalue weighted by molar-refractivity contribution is -0.140. The van der Waals surface area contributed by atoms with Crippen molar-refractivity contribution in [3.63, 3.8) is 0 Å². The Bertz CT molecular complexity index is 1710. The minimum Gasteiger partial charge on any atom is -0.508 e. The number of aromatic amines is 1. The van der Waals surface area contributed by atoms with Crippen LogP contribution in [0.5, 0.6) is 5.75 Å². The molecule has 268 valence electrons. The molecule has 1 aromatic heterocycles. The van der Waals surface area contributed by atoms with Gasteiger partial charge in [0, 0.05) is 36.5 Å². The molecule has 6 atom stereocenters. The zero-order valence-electron chi connectivity index (χ0n) is 27.5. The van der Waals surface area contributed by atoms with Crippen LogP contribution >= 0.6 is 0 Å². The summed E-state index contributed by atoms with van der Waals surface area (Å²) in [7, 11) is 0. The molecule has 11 N–H and O–H groups in total. The van der Waals surface area contributed by atoms with Crippen LogP contribution in [0.25, 0.3) is 10.9 Å². The molecule has 2 aromatic carbocycles. The lowest BCUT2D eigenvalue weighted by Crippen LogP contribution is -2.61. The third kappa shape index (κ3) is 9.57. The highest BCUT2D eigenvalue weighted by atomic mass is 16.4. The molecule has 1 fully saturated rings. The molecule has 5 amide bonds. The smallest absolute Gasteiger partial charge is 0.303 e. The summed E-state index contributed by atoms with van der Waals surface area (Å²) in [5.74, 6) is -5.05. The molecular weight excluding hydrogens is 650 g/mol. The van der Waals surface area contributed by atoms with Gasteiger partial charge in [0.15, 0.2) is 0 Å². The second-order valence-electron chi connectivity index (χ2n) is 12.4. The molecule has 1 aliphatic rings. The van der Waals surface area contributed by atoms with Gasteiger partial charge in [-0.05, 0) is 61.9 Å². The number of aromatic nitrogens is 1. The standard InChI is InChI=1S/C34H43N7O9/c1-18(42)29(33(49)38-25(30(36)46)12-13-28(44)45)40-31(47)26(16-20-17-37-24-6-3-2-5-22(20)24)39-32(48)27-7-4-14-41(27)34(50)23(35)15-19-8-10-21(43)11-9-19/h2-3,5-6,8-11,17-18,23,25-27,29,37,42-43H,4,7,12-16,35H2,1H3,(H2,36,46)(H,38,49)(H,39,48)(H,40,47)(H,44,45)/t18-,23+,25+,26+,27+,29+/m1/s1. The summed E-state index contributed by atoms with van der Waals surface area (Å²) in [5, 5.41) is 37.3. The lowest BCUT2D eigenvalue weighted by atomic mass is 10.0. The highest BCUT2D eigenvalue weighted by Crippen LogP contribution is 2.22. The fraction of sp³-hybridized carbons (Fsp3) is 0.412. The Balaban J connectivity index is 1.53. The SMILES string of the molecule is C[C@@H](O)[C@H](NC(=O)[C@H](Cc1c[nH]c2ccccc12)NC(=O)[C@@H]1CCCN1C(=O)[C@@H](N)Cc1ccc(O)cc1)C(=O)N[C@@H](CCC(=O)O)C(N)=O. The van der Waals surface area contributed by atoms with Crippen molar-refractivity contribution in [2.24, 2.45) is 11.5 Å². The maximum absolute atomic E-state index is 13.8. The average molecular weight is 694 g/mol. The first kappa shape index (κ1) is 37.3. The summed E-state index contributed by atoms with van der Waals surface area (Å²) in [6.45, 7) is 1.50. The number of aliphatic hydroxyl groups is 1. The van der Waals surface area contributed by atoms with Crippen molar-refractivity contribution < 1.29 is 44.1 Å². The molecule has 1 saturated heterocycles. The van der Waals surface area contributed by atoms with E-state index in [0.717, 1.165) is 16.5 Å². The van der Waals surface area contributed by atoms with Gasteiger partial charge >= 0.3 is 5.97 Å². The van der Waals surface area contributed by atoms with E-state index in [1.54, 1.807) is 18.3 Å².